The predicted molar refractivity (Wildman–Crippen MR) is 62.1 cm³/mol. The molecule has 4 heteroatoms. The topological polar surface area (TPSA) is 29.5 Å². The minimum absolute atomic E-state index is 0.0615. The standard InChI is InChI=1S/C14H16F2O2/c15-11-3-1-2-8(14(11)16)6-12(17)10-7-9-4-5-13(10)18-9/h1-3,9-10,12-13,17H,4-7H2. The fourth-order valence-electron chi connectivity index (χ4n) is 3.16. The molecule has 0 amide bonds. The first kappa shape index (κ1) is 12.1. The van der Waals surface area contributed by atoms with Crippen LogP contribution >= 0.6 is 0 Å². The highest BCUT2D eigenvalue weighted by atomic mass is 19.2. The zero-order valence-corrected chi connectivity index (χ0v) is 9.98. The van der Waals surface area contributed by atoms with Crippen LogP contribution in [-0.2, 0) is 11.2 Å². The molecule has 3 rings (SSSR count). The van der Waals surface area contributed by atoms with Crippen LogP contribution in [-0.4, -0.2) is 23.4 Å². The van der Waals surface area contributed by atoms with Crippen LogP contribution < -0.4 is 0 Å². The van der Waals surface area contributed by atoms with Crippen LogP contribution in [0.5, 0.6) is 0 Å². The fourth-order valence-corrected chi connectivity index (χ4v) is 3.16. The van der Waals surface area contributed by atoms with E-state index < -0.39 is 17.7 Å². The van der Waals surface area contributed by atoms with E-state index in [1.807, 2.05) is 0 Å². The van der Waals surface area contributed by atoms with E-state index in [1.165, 1.54) is 12.1 Å². The lowest BCUT2D eigenvalue weighted by Crippen LogP contribution is -2.31. The molecule has 2 bridgehead atoms. The van der Waals surface area contributed by atoms with E-state index in [1.54, 1.807) is 0 Å². The van der Waals surface area contributed by atoms with Gasteiger partial charge in [-0.2, -0.15) is 0 Å². The smallest absolute Gasteiger partial charge is 0.162 e. The van der Waals surface area contributed by atoms with Gasteiger partial charge in [-0.3, -0.25) is 0 Å². The quantitative estimate of drug-likeness (QED) is 0.897. The largest absolute Gasteiger partial charge is 0.392 e. The molecule has 4 atom stereocenters. The first-order valence-electron chi connectivity index (χ1n) is 6.41. The van der Waals surface area contributed by atoms with E-state index >= 15 is 0 Å². The molecular formula is C14H16F2O2. The third-order valence-electron chi connectivity index (χ3n) is 4.11. The SMILES string of the molecule is OC(Cc1cccc(F)c1F)C1CC2CCC1O2. The van der Waals surface area contributed by atoms with E-state index in [-0.39, 0.29) is 30.1 Å². The first-order chi connectivity index (χ1) is 8.65. The molecule has 1 aromatic rings. The van der Waals surface area contributed by atoms with Crippen molar-refractivity contribution < 1.29 is 18.6 Å². The van der Waals surface area contributed by atoms with Gasteiger partial charge in [-0.05, 0) is 30.9 Å². The van der Waals surface area contributed by atoms with Crippen molar-refractivity contribution in [3.8, 4) is 0 Å². The summed E-state index contributed by atoms with van der Waals surface area (Å²) in [6.07, 6.45) is 2.72. The number of halogens is 2. The van der Waals surface area contributed by atoms with E-state index in [4.69, 9.17) is 4.74 Å². The summed E-state index contributed by atoms with van der Waals surface area (Å²) < 4.78 is 32.3. The summed E-state index contributed by atoms with van der Waals surface area (Å²) in [4.78, 5) is 0. The van der Waals surface area contributed by atoms with Crippen molar-refractivity contribution in [1.82, 2.24) is 0 Å². The van der Waals surface area contributed by atoms with Crippen LogP contribution in [0, 0.1) is 17.6 Å². The molecule has 1 aromatic carbocycles. The van der Waals surface area contributed by atoms with Crippen LogP contribution in [0.2, 0.25) is 0 Å². The van der Waals surface area contributed by atoms with E-state index in [0.717, 1.165) is 25.3 Å². The summed E-state index contributed by atoms with van der Waals surface area (Å²) >= 11 is 0. The van der Waals surface area contributed by atoms with Crippen molar-refractivity contribution in [1.29, 1.82) is 0 Å². The highest BCUT2D eigenvalue weighted by Crippen LogP contribution is 2.41. The fraction of sp³-hybridized carbons (Fsp3) is 0.571. The lowest BCUT2D eigenvalue weighted by atomic mass is 9.83. The summed E-state index contributed by atoms with van der Waals surface area (Å²) in [5.74, 6) is -1.64. The van der Waals surface area contributed by atoms with E-state index in [2.05, 4.69) is 0 Å². The van der Waals surface area contributed by atoms with Gasteiger partial charge in [0.2, 0.25) is 0 Å². The number of rotatable bonds is 3. The highest BCUT2D eigenvalue weighted by molar-refractivity contribution is 5.20. The van der Waals surface area contributed by atoms with Gasteiger partial charge in [-0.15, -0.1) is 0 Å². The van der Waals surface area contributed by atoms with Gasteiger partial charge in [-0.1, -0.05) is 12.1 Å². The van der Waals surface area contributed by atoms with Gasteiger partial charge in [-0.25, -0.2) is 8.78 Å². The molecule has 0 spiro atoms. The predicted octanol–water partition coefficient (Wildman–Crippen LogP) is 2.44. The number of fused-ring (bicyclic) bond motifs is 2. The Balaban J connectivity index is 1.71. The average molecular weight is 254 g/mol. The lowest BCUT2D eigenvalue weighted by Gasteiger charge is -2.24. The van der Waals surface area contributed by atoms with Crippen molar-refractivity contribution >= 4 is 0 Å². The van der Waals surface area contributed by atoms with Crippen LogP contribution in [0.1, 0.15) is 24.8 Å². The average Bonchev–Trinajstić information content (AvgIpc) is 2.97. The molecule has 4 unspecified atom stereocenters. The Morgan fingerprint density at radius 3 is 2.83 bits per heavy atom. The molecule has 18 heavy (non-hydrogen) atoms. The van der Waals surface area contributed by atoms with Gasteiger partial charge in [0.1, 0.15) is 0 Å². The van der Waals surface area contributed by atoms with Crippen LogP contribution in [0.3, 0.4) is 0 Å². The molecule has 1 N–H and O–H groups in total. The van der Waals surface area contributed by atoms with Gasteiger partial charge >= 0.3 is 0 Å². The number of aliphatic hydroxyl groups excluding tert-OH is 1. The van der Waals surface area contributed by atoms with E-state index in [0.29, 0.717) is 0 Å². The normalized spacial score (nSPS) is 31.8. The summed E-state index contributed by atoms with van der Waals surface area (Å²) in [5.41, 5.74) is 0.241. The lowest BCUT2D eigenvalue weighted by molar-refractivity contribution is 0.0427. The Kier molecular flexibility index (Phi) is 3.08. The third-order valence-corrected chi connectivity index (χ3v) is 4.11. The number of benzene rings is 1. The van der Waals surface area contributed by atoms with Crippen LogP contribution in [0.25, 0.3) is 0 Å². The molecule has 2 fully saturated rings. The summed E-state index contributed by atoms with van der Waals surface area (Å²) in [7, 11) is 0. The maximum absolute atomic E-state index is 13.5. The summed E-state index contributed by atoms with van der Waals surface area (Å²) in [5, 5.41) is 10.2. The third kappa shape index (κ3) is 2.04. The summed E-state index contributed by atoms with van der Waals surface area (Å²) in [6.45, 7) is 0. The Morgan fingerprint density at radius 1 is 1.33 bits per heavy atom. The van der Waals surface area contributed by atoms with Gasteiger partial charge in [0.25, 0.3) is 0 Å². The zero-order valence-electron chi connectivity index (χ0n) is 9.98. The van der Waals surface area contributed by atoms with Crippen molar-refractivity contribution in [2.45, 2.75) is 44.0 Å². The Hall–Kier alpha value is -1.00. The molecular weight excluding hydrogens is 238 g/mol. The molecule has 2 nitrogen and oxygen atoms in total. The molecule has 2 heterocycles. The molecule has 2 aliphatic heterocycles. The number of aliphatic hydroxyl groups is 1. The van der Waals surface area contributed by atoms with Gasteiger partial charge < -0.3 is 9.84 Å². The monoisotopic (exact) mass is 254 g/mol. The second-order valence-corrected chi connectivity index (χ2v) is 5.26. The highest BCUT2D eigenvalue weighted by Gasteiger charge is 2.43. The van der Waals surface area contributed by atoms with Crippen molar-refractivity contribution in [2.24, 2.45) is 5.92 Å². The van der Waals surface area contributed by atoms with Gasteiger partial charge in [0.15, 0.2) is 11.6 Å². The van der Waals surface area contributed by atoms with Gasteiger partial charge in [0, 0.05) is 12.3 Å². The number of hydrogen-bond donors (Lipinski definition) is 1. The number of ether oxygens (including phenoxy) is 1. The Morgan fingerprint density at radius 2 is 2.17 bits per heavy atom. The molecule has 98 valence electrons. The summed E-state index contributed by atoms with van der Waals surface area (Å²) in [6, 6.07) is 4.08. The van der Waals surface area contributed by atoms with Gasteiger partial charge in [0.05, 0.1) is 18.3 Å². The maximum atomic E-state index is 13.5. The second kappa shape index (κ2) is 4.59. The van der Waals surface area contributed by atoms with Crippen molar-refractivity contribution in [3.05, 3.63) is 35.4 Å². The molecule has 2 saturated heterocycles. The molecule has 0 aromatic heterocycles. The molecule has 0 saturated carbocycles. The van der Waals surface area contributed by atoms with Crippen molar-refractivity contribution in [2.75, 3.05) is 0 Å². The molecule has 0 aliphatic carbocycles. The van der Waals surface area contributed by atoms with Crippen LogP contribution in [0.15, 0.2) is 18.2 Å². The number of hydrogen-bond acceptors (Lipinski definition) is 2. The minimum Gasteiger partial charge on any atom is -0.392 e. The Labute approximate surface area is 105 Å². The minimum atomic E-state index is -0.858. The Bertz CT molecular complexity index is 449. The molecule has 2 aliphatic rings. The zero-order chi connectivity index (χ0) is 12.7. The van der Waals surface area contributed by atoms with E-state index in [9.17, 15) is 13.9 Å². The first-order valence-corrected chi connectivity index (χ1v) is 6.41. The maximum Gasteiger partial charge on any atom is 0.162 e. The van der Waals surface area contributed by atoms with Crippen LogP contribution in [0.4, 0.5) is 8.78 Å². The molecule has 0 radical (unpaired) electrons. The van der Waals surface area contributed by atoms with Crippen molar-refractivity contribution in [3.63, 3.8) is 0 Å². The second-order valence-electron chi connectivity index (χ2n) is 5.26.